The minimum Gasteiger partial charge on any atom is -0.392 e. The topological polar surface area (TPSA) is 85.3 Å². The molecule has 2 aromatic rings. The van der Waals surface area contributed by atoms with Gasteiger partial charge >= 0.3 is 0 Å². The van der Waals surface area contributed by atoms with Crippen LogP contribution in [0.25, 0.3) is 5.52 Å². The van der Waals surface area contributed by atoms with Crippen molar-refractivity contribution in [3.05, 3.63) is 30.4 Å². The average molecular weight is 275 g/mol. The number of hydrogen-bond donors (Lipinski definition) is 2. The van der Waals surface area contributed by atoms with E-state index in [2.05, 4.69) is 15.4 Å². The number of amides is 1. The van der Waals surface area contributed by atoms with Gasteiger partial charge in [0.15, 0.2) is 0 Å². The Bertz CT molecular complexity index is 648. The quantitative estimate of drug-likeness (QED) is 0.795. The molecule has 7 heteroatoms. The molecule has 0 aromatic carbocycles. The zero-order valence-corrected chi connectivity index (χ0v) is 10.9. The molecule has 1 saturated carbocycles. The lowest BCUT2D eigenvalue weighted by molar-refractivity contribution is 0.0945. The second-order valence-electron chi connectivity index (χ2n) is 4.66. The molecule has 19 heavy (non-hydrogen) atoms. The summed E-state index contributed by atoms with van der Waals surface area (Å²) in [6.45, 7) is 0. The van der Waals surface area contributed by atoms with Crippen LogP contribution in [0.4, 0.5) is 0 Å². The highest BCUT2D eigenvalue weighted by Crippen LogP contribution is 2.33. The lowest BCUT2D eigenvalue weighted by Crippen LogP contribution is -2.45. The number of thiocarbonyl (C=S) groups is 1. The van der Waals surface area contributed by atoms with Crippen LogP contribution in [0.2, 0.25) is 0 Å². The molecule has 6 nitrogen and oxygen atoms in total. The summed E-state index contributed by atoms with van der Waals surface area (Å²) < 4.78 is 1.61. The monoisotopic (exact) mass is 275 g/mol. The Labute approximate surface area is 115 Å². The number of rotatable bonds is 4. The molecule has 0 radical (unpaired) electrons. The smallest absolute Gasteiger partial charge is 0.255 e. The van der Waals surface area contributed by atoms with Crippen molar-refractivity contribution in [1.29, 1.82) is 0 Å². The second kappa shape index (κ2) is 4.58. The van der Waals surface area contributed by atoms with Gasteiger partial charge in [0.2, 0.25) is 0 Å². The van der Waals surface area contributed by atoms with Crippen LogP contribution in [0.15, 0.2) is 24.8 Å². The third-order valence-electron chi connectivity index (χ3n) is 3.26. The molecule has 0 bridgehead atoms. The van der Waals surface area contributed by atoms with Gasteiger partial charge in [0.25, 0.3) is 5.91 Å². The maximum Gasteiger partial charge on any atom is 0.255 e. The first kappa shape index (κ1) is 12.0. The molecular formula is C12H13N5OS. The number of nitrogens with two attached hydrogens (primary N) is 1. The van der Waals surface area contributed by atoms with Crippen molar-refractivity contribution >= 4 is 28.6 Å². The van der Waals surface area contributed by atoms with Gasteiger partial charge < -0.3 is 11.1 Å². The summed E-state index contributed by atoms with van der Waals surface area (Å²) in [6, 6.07) is -0.228. The molecule has 98 valence electrons. The molecule has 3 rings (SSSR count). The molecule has 1 fully saturated rings. The number of hydrogen-bond acceptors (Lipinski definition) is 4. The van der Waals surface area contributed by atoms with Crippen LogP contribution in [0, 0.1) is 5.92 Å². The van der Waals surface area contributed by atoms with E-state index in [0.29, 0.717) is 22.0 Å². The van der Waals surface area contributed by atoms with Gasteiger partial charge in [0.05, 0.1) is 34.5 Å². The summed E-state index contributed by atoms with van der Waals surface area (Å²) in [5.41, 5.74) is 6.82. The summed E-state index contributed by atoms with van der Waals surface area (Å²) in [6.07, 6.45) is 8.55. The molecule has 1 amide bonds. The van der Waals surface area contributed by atoms with E-state index in [0.717, 1.165) is 12.8 Å². The zero-order valence-electron chi connectivity index (χ0n) is 10.1. The number of fused-ring (bicyclic) bond motifs is 1. The van der Waals surface area contributed by atoms with Crippen molar-refractivity contribution in [2.45, 2.75) is 18.9 Å². The molecule has 0 aliphatic heterocycles. The lowest BCUT2D eigenvalue weighted by atomic mass is 10.1. The Morgan fingerprint density at radius 3 is 3.00 bits per heavy atom. The summed E-state index contributed by atoms with van der Waals surface area (Å²) in [5.74, 6) is 0.161. The van der Waals surface area contributed by atoms with E-state index in [1.807, 2.05) is 0 Å². The van der Waals surface area contributed by atoms with Crippen LogP contribution in [0.5, 0.6) is 0 Å². The molecule has 1 unspecified atom stereocenters. The molecule has 3 N–H and O–H groups in total. The highest BCUT2D eigenvalue weighted by atomic mass is 32.1. The standard InChI is InChI=1S/C12H13N5OS/c13-11(19)10(7-1-2-7)16-12(18)8-5-15-17-4-3-14-6-9(8)17/h3-7,10H,1-2H2,(H2,13,19)(H,16,18). The van der Waals surface area contributed by atoms with E-state index in [1.54, 1.807) is 23.1 Å². The van der Waals surface area contributed by atoms with Crippen molar-refractivity contribution in [3.8, 4) is 0 Å². The number of aromatic nitrogens is 3. The molecule has 1 aliphatic rings. The maximum atomic E-state index is 12.3. The third kappa shape index (κ3) is 2.28. The molecule has 1 aliphatic carbocycles. The Balaban J connectivity index is 1.85. The number of nitrogens with zero attached hydrogens (tertiary/aromatic N) is 3. The largest absolute Gasteiger partial charge is 0.392 e. The number of carbonyl (C=O) groups is 1. The SMILES string of the molecule is NC(=S)C(NC(=O)c1cnn2ccncc12)C1CC1. The minimum atomic E-state index is -0.228. The highest BCUT2D eigenvalue weighted by Gasteiger charge is 2.34. The molecule has 0 spiro atoms. The fourth-order valence-electron chi connectivity index (χ4n) is 2.08. The van der Waals surface area contributed by atoms with Gasteiger partial charge in [-0.05, 0) is 18.8 Å². The number of carbonyl (C=O) groups excluding carboxylic acids is 1. The van der Waals surface area contributed by atoms with E-state index in [4.69, 9.17) is 18.0 Å². The zero-order chi connectivity index (χ0) is 13.4. The Kier molecular flexibility index (Phi) is 2.90. The van der Waals surface area contributed by atoms with Crippen LogP contribution in [-0.4, -0.2) is 31.5 Å². The predicted octanol–water partition coefficient (Wildman–Crippen LogP) is 0.524. The van der Waals surface area contributed by atoms with Gasteiger partial charge in [0, 0.05) is 12.4 Å². The van der Waals surface area contributed by atoms with E-state index in [1.165, 1.54) is 6.20 Å². The van der Waals surface area contributed by atoms with E-state index in [-0.39, 0.29) is 11.9 Å². The van der Waals surface area contributed by atoms with Crippen LogP contribution in [0.1, 0.15) is 23.2 Å². The molecule has 1 atom stereocenters. The van der Waals surface area contributed by atoms with Crippen LogP contribution in [-0.2, 0) is 0 Å². The van der Waals surface area contributed by atoms with E-state index >= 15 is 0 Å². The fourth-order valence-corrected chi connectivity index (χ4v) is 2.33. The molecular weight excluding hydrogens is 262 g/mol. The minimum absolute atomic E-state index is 0.215. The van der Waals surface area contributed by atoms with Gasteiger partial charge in [-0.25, -0.2) is 4.52 Å². The normalized spacial score (nSPS) is 16.2. The van der Waals surface area contributed by atoms with Crippen molar-refractivity contribution in [3.63, 3.8) is 0 Å². The Hall–Kier alpha value is -2.02. The van der Waals surface area contributed by atoms with Crippen molar-refractivity contribution in [1.82, 2.24) is 19.9 Å². The van der Waals surface area contributed by atoms with Crippen LogP contribution < -0.4 is 11.1 Å². The maximum absolute atomic E-state index is 12.3. The van der Waals surface area contributed by atoms with Gasteiger partial charge in [-0.1, -0.05) is 12.2 Å². The highest BCUT2D eigenvalue weighted by molar-refractivity contribution is 7.80. The first-order valence-corrected chi connectivity index (χ1v) is 6.45. The first-order chi connectivity index (χ1) is 9.16. The summed E-state index contributed by atoms with van der Waals surface area (Å²) in [7, 11) is 0. The fraction of sp³-hybridized carbons (Fsp3) is 0.333. The van der Waals surface area contributed by atoms with Gasteiger partial charge in [0.1, 0.15) is 0 Å². The average Bonchev–Trinajstić information content (AvgIpc) is 3.14. The third-order valence-corrected chi connectivity index (χ3v) is 3.51. The van der Waals surface area contributed by atoms with Gasteiger partial charge in [-0.3, -0.25) is 9.78 Å². The van der Waals surface area contributed by atoms with Crippen LogP contribution in [0.3, 0.4) is 0 Å². The predicted molar refractivity (Wildman–Crippen MR) is 73.8 cm³/mol. The van der Waals surface area contributed by atoms with Crippen molar-refractivity contribution < 1.29 is 4.79 Å². The first-order valence-electron chi connectivity index (χ1n) is 6.04. The molecule has 2 aromatic heterocycles. The number of nitrogens with one attached hydrogen (secondary N) is 1. The van der Waals surface area contributed by atoms with Crippen molar-refractivity contribution in [2.24, 2.45) is 11.7 Å². The van der Waals surface area contributed by atoms with Gasteiger partial charge in [-0.2, -0.15) is 5.10 Å². The van der Waals surface area contributed by atoms with Crippen molar-refractivity contribution in [2.75, 3.05) is 0 Å². The summed E-state index contributed by atoms with van der Waals surface area (Å²) in [4.78, 5) is 16.6. The lowest BCUT2D eigenvalue weighted by Gasteiger charge is -2.16. The Morgan fingerprint density at radius 2 is 2.32 bits per heavy atom. The van der Waals surface area contributed by atoms with Crippen LogP contribution >= 0.6 is 12.2 Å². The summed E-state index contributed by atoms with van der Waals surface area (Å²) in [5, 5.41) is 6.99. The second-order valence-corrected chi connectivity index (χ2v) is 5.13. The van der Waals surface area contributed by atoms with E-state index in [9.17, 15) is 4.79 Å². The molecule has 2 heterocycles. The van der Waals surface area contributed by atoms with Gasteiger partial charge in [-0.15, -0.1) is 0 Å². The van der Waals surface area contributed by atoms with E-state index < -0.39 is 0 Å². The Morgan fingerprint density at radius 1 is 1.53 bits per heavy atom. The summed E-state index contributed by atoms with van der Waals surface area (Å²) >= 11 is 5.01. The molecule has 0 saturated heterocycles.